The van der Waals surface area contributed by atoms with E-state index in [-0.39, 0.29) is 42.9 Å². The van der Waals surface area contributed by atoms with Crippen molar-refractivity contribution in [1.29, 1.82) is 0 Å². The maximum absolute atomic E-state index is 17.2. The van der Waals surface area contributed by atoms with E-state index in [9.17, 15) is 13.9 Å². The van der Waals surface area contributed by atoms with Crippen LogP contribution in [0.4, 0.5) is 19.1 Å². The van der Waals surface area contributed by atoms with Gasteiger partial charge in [-0.1, -0.05) is 43.7 Å². The van der Waals surface area contributed by atoms with E-state index in [0.717, 1.165) is 40.9 Å². The van der Waals surface area contributed by atoms with Crippen molar-refractivity contribution in [2.24, 2.45) is 5.41 Å². The van der Waals surface area contributed by atoms with E-state index in [4.69, 9.17) is 9.72 Å². The lowest BCUT2D eigenvalue weighted by molar-refractivity contribution is -0.0385. The van der Waals surface area contributed by atoms with Gasteiger partial charge in [-0.15, -0.1) is 0 Å². The van der Waals surface area contributed by atoms with Crippen molar-refractivity contribution in [3.63, 3.8) is 0 Å². The third-order valence-electron chi connectivity index (χ3n) is 10.2. The van der Waals surface area contributed by atoms with Gasteiger partial charge in [-0.3, -0.25) is 4.98 Å². The summed E-state index contributed by atoms with van der Waals surface area (Å²) in [4.78, 5) is 16.6. The van der Waals surface area contributed by atoms with E-state index in [1.54, 1.807) is 12.4 Å². The number of aryl methyl sites for hydroxylation is 1. The number of aliphatic hydroxyl groups is 1. The first kappa shape index (κ1) is 32.9. The summed E-state index contributed by atoms with van der Waals surface area (Å²) in [5.41, 5.74) is 5.79. The molecule has 6 rings (SSSR count). The summed E-state index contributed by atoms with van der Waals surface area (Å²) in [7, 11) is 0. The number of benzene rings is 1. The van der Waals surface area contributed by atoms with Gasteiger partial charge in [-0.05, 0) is 74.8 Å². The molecule has 0 radical (unpaired) electrons. The SMILES string of the molecule is CCOCc1cnc(N2CCC(c3nc4c(c(C5CCC(F)(F)CC5)c3[C@@H](F)c3ccc(C)cc3)[C@@H](O)CC(C)(C)C4)CC2)nc1. The van der Waals surface area contributed by atoms with Crippen molar-refractivity contribution >= 4 is 5.95 Å². The van der Waals surface area contributed by atoms with Crippen LogP contribution in [0.15, 0.2) is 36.7 Å². The van der Waals surface area contributed by atoms with Crippen molar-refractivity contribution in [3.05, 3.63) is 81.4 Å². The average molecular weight is 637 g/mol. The third kappa shape index (κ3) is 6.96. The number of nitrogens with zero attached hydrogens (tertiary/aromatic N) is 4. The number of aromatic nitrogens is 3. The fraction of sp³-hybridized carbons (Fsp3) is 0.595. The summed E-state index contributed by atoms with van der Waals surface area (Å²) >= 11 is 0. The molecule has 2 aromatic heterocycles. The summed E-state index contributed by atoms with van der Waals surface area (Å²) < 4.78 is 51.5. The molecule has 3 aromatic rings. The Morgan fingerprint density at radius 1 is 0.978 bits per heavy atom. The Kier molecular flexibility index (Phi) is 9.45. The molecule has 1 aromatic carbocycles. The largest absolute Gasteiger partial charge is 0.388 e. The summed E-state index contributed by atoms with van der Waals surface area (Å²) in [6, 6.07) is 7.45. The van der Waals surface area contributed by atoms with E-state index >= 15 is 4.39 Å². The second-order valence-corrected chi connectivity index (χ2v) is 14.4. The van der Waals surface area contributed by atoms with Crippen LogP contribution in [0.5, 0.6) is 0 Å². The Morgan fingerprint density at radius 3 is 2.26 bits per heavy atom. The van der Waals surface area contributed by atoms with Crippen LogP contribution in [0.25, 0.3) is 0 Å². The zero-order valence-corrected chi connectivity index (χ0v) is 27.5. The molecule has 2 atom stereocenters. The molecule has 2 aliphatic carbocycles. The molecular formula is C37H47F3N4O2. The molecule has 1 saturated heterocycles. The molecule has 0 bridgehead atoms. The maximum atomic E-state index is 17.2. The monoisotopic (exact) mass is 636 g/mol. The number of anilines is 1. The van der Waals surface area contributed by atoms with E-state index in [2.05, 4.69) is 28.7 Å². The Morgan fingerprint density at radius 2 is 1.63 bits per heavy atom. The minimum Gasteiger partial charge on any atom is -0.388 e. The number of piperidine rings is 1. The van der Waals surface area contributed by atoms with Gasteiger partial charge in [0.05, 0.1) is 18.4 Å². The van der Waals surface area contributed by atoms with Crippen molar-refractivity contribution in [2.45, 2.75) is 116 Å². The minimum absolute atomic E-state index is 0.0246. The normalized spacial score (nSPS) is 22.4. The summed E-state index contributed by atoms with van der Waals surface area (Å²) in [6.07, 6.45) is 4.04. The first-order valence-electron chi connectivity index (χ1n) is 16.9. The quantitative estimate of drug-likeness (QED) is 0.268. The van der Waals surface area contributed by atoms with Crippen LogP contribution in [0.3, 0.4) is 0 Å². The smallest absolute Gasteiger partial charge is 0.248 e. The van der Waals surface area contributed by atoms with E-state index < -0.39 is 18.2 Å². The highest BCUT2D eigenvalue weighted by Gasteiger charge is 2.43. The number of pyridine rings is 1. The van der Waals surface area contributed by atoms with Crippen LogP contribution in [0.1, 0.15) is 135 Å². The topological polar surface area (TPSA) is 71.4 Å². The Balaban J connectivity index is 1.41. The summed E-state index contributed by atoms with van der Waals surface area (Å²) in [5, 5.41) is 11.6. The molecule has 1 saturated carbocycles. The van der Waals surface area contributed by atoms with Gasteiger partial charge in [0.2, 0.25) is 11.9 Å². The van der Waals surface area contributed by atoms with Gasteiger partial charge >= 0.3 is 0 Å². The molecule has 1 N–H and O–H groups in total. The second kappa shape index (κ2) is 13.2. The molecule has 0 spiro atoms. The first-order chi connectivity index (χ1) is 21.9. The summed E-state index contributed by atoms with van der Waals surface area (Å²) in [6.45, 7) is 10.6. The predicted molar refractivity (Wildman–Crippen MR) is 173 cm³/mol. The maximum Gasteiger partial charge on any atom is 0.248 e. The number of hydrogen-bond donors (Lipinski definition) is 1. The van der Waals surface area contributed by atoms with Gasteiger partial charge in [0.15, 0.2) is 6.17 Å². The molecule has 9 heteroatoms. The lowest BCUT2D eigenvalue weighted by Gasteiger charge is -2.41. The molecular weight excluding hydrogens is 589 g/mol. The molecule has 0 unspecified atom stereocenters. The number of alkyl halides is 3. The number of ether oxygens (including phenoxy) is 1. The van der Waals surface area contributed by atoms with Gasteiger partial charge in [-0.25, -0.2) is 23.1 Å². The van der Waals surface area contributed by atoms with Crippen molar-refractivity contribution in [3.8, 4) is 0 Å². The minimum atomic E-state index is -2.71. The Hall–Kier alpha value is -3.04. The number of halogens is 3. The van der Waals surface area contributed by atoms with Crippen LogP contribution in [0, 0.1) is 12.3 Å². The van der Waals surface area contributed by atoms with Crippen LogP contribution < -0.4 is 4.90 Å². The van der Waals surface area contributed by atoms with Gasteiger partial charge in [0.25, 0.3) is 0 Å². The number of aliphatic hydroxyl groups excluding tert-OH is 1. The lowest BCUT2D eigenvalue weighted by Crippen LogP contribution is -2.36. The van der Waals surface area contributed by atoms with E-state index in [0.29, 0.717) is 61.8 Å². The zero-order valence-electron chi connectivity index (χ0n) is 27.5. The number of fused-ring (bicyclic) bond motifs is 1. The van der Waals surface area contributed by atoms with Crippen molar-refractivity contribution in [1.82, 2.24) is 15.0 Å². The van der Waals surface area contributed by atoms with Crippen molar-refractivity contribution in [2.75, 3.05) is 24.6 Å². The molecule has 248 valence electrons. The zero-order chi connectivity index (χ0) is 32.6. The first-order valence-corrected chi connectivity index (χ1v) is 16.9. The fourth-order valence-electron chi connectivity index (χ4n) is 7.77. The van der Waals surface area contributed by atoms with E-state index in [1.807, 2.05) is 38.1 Å². The molecule has 3 aliphatic rings. The third-order valence-corrected chi connectivity index (χ3v) is 10.2. The molecule has 46 heavy (non-hydrogen) atoms. The second-order valence-electron chi connectivity index (χ2n) is 14.4. The van der Waals surface area contributed by atoms with Gasteiger partial charge in [0.1, 0.15) is 0 Å². The highest BCUT2D eigenvalue weighted by Crippen LogP contribution is 2.52. The van der Waals surface area contributed by atoms with Gasteiger partial charge in [0, 0.05) is 73.2 Å². The number of hydrogen-bond acceptors (Lipinski definition) is 6. The standard InChI is InChI=1S/C37H47F3N4O2/c1-5-46-22-24-20-41-35(42-21-24)44-16-12-27(13-17-44)34-32(33(38)26-8-6-23(2)7-9-26)30(25-10-14-37(39,40)15-11-25)31-28(43-34)18-36(3,4)19-29(31)45/h6-9,20-21,25,27,29,33,45H,5,10-19,22H2,1-4H3/t29-,33-/m0/s1. The van der Waals surface area contributed by atoms with Crippen molar-refractivity contribution < 1.29 is 23.0 Å². The van der Waals surface area contributed by atoms with Crippen LogP contribution in [-0.4, -0.2) is 45.7 Å². The molecule has 2 fully saturated rings. The summed E-state index contributed by atoms with van der Waals surface area (Å²) in [5.74, 6) is -2.33. The van der Waals surface area contributed by atoms with Crippen LogP contribution in [0.2, 0.25) is 0 Å². The number of rotatable bonds is 8. The Bertz CT molecular complexity index is 1490. The molecule has 6 nitrogen and oxygen atoms in total. The average Bonchev–Trinajstić information content (AvgIpc) is 3.03. The van der Waals surface area contributed by atoms with Crippen LogP contribution >= 0.6 is 0 Å². The molecule has 3 heterocycles. The molecule has 0 amide bonds. The van der Waals surface area contributed by atoms with Gasteiger partial charge in [-0.2, -0.15) is 0 Å². The highest BCUT2D eigenvalue weighted by molar-refractivity contribution is 5.51. The Labute approximate surface area is 270 Å². The van der Waals surface area contributed by atoms with E-state index in [1.165, 1.54) is 0 Å². The predicted octanol–water partition coefficient (Wildman–Crippen LogP) is 8.46. The molecule has 1 aliphatic heterocycles. The van der Waals surface area contributed by atoms with Crippen LogP contribution in [-0.2, 0) is 17.8 Å². The highest BCUT2D eigenvalue weighted by atomic mass is 19.3. The lowest BCUT2D eigenvalue weighted by atomic mass is 9.68. The fourth-order valence-corrected chi connectivity index (χ4v) is 7.77. The van der Waals surface area contributed by atoms with Gasteiger partial charge < -0.3 is 14.7 Å².